The molecule has 0 spiro atoms. The van der Waals surface area contributed by atoms with Crippen molar-refractivity contribution in [1.82, 2.24) is 40.4 Å². The predicted molar refractivity (Wildman–Crippen MR) is 238 cm³/mol. The molecule has 0 saturated heterocycles. The molecule has 0 aliphatic heterocycles. The van der Waals surface area contributed by atoms with E-state index in [2.05, 4.69) is 37.2 Å². The Morgan fingerprint density at radius 1 is 0.815 bits per heavy atom. The average Bonchev–Trinajstić information content (AvgIpc) is 3.80. The van der Waals surface area contributed by atoms with Gasteiger partial charge in [-0.15, -0.1) is 0 Å². The second-order valence-electron chi connectivity index (χ2n) is 17.5. The standard InChI is InChI=1S/C49H50F2N8O6/c1-48(19-20-48)28-58(43(60)25-53-46(62)64-2)26-41-52-24-40(56-41)32-14-17-35-34-16-13-30(21-36(34)49(50,51)37(35)22-32)31-15-18-38-39(23-31)55-42(54-38)27-59(33-11-7-8-12-33)45(61)44(57-47(63)65-3)29-9-5-4-6-10-29/h4-6,9-10,13-18,21-24,33,44H,7-8,11-12,19-20,25-28H2,1-3H3,(H,52,56)(H,53,62)(H,54,55)(H,57,63)/t44-/m1/s1. The van der Waals surface area contributed by atoms with Crippen LogP contribution in [0.15, 0.2) is 91.1 Å². The number of halogens is 2. The summed E-state index contributed by atoms with van der Waals surface area (Å²) >= 11 is 0. The Morgan fingerprint density at radius 3 is 2.17 bits per heavy atom. The van der Waals surface area contributed by atoms with Gasteiger partial charge in [-0.2, -0.15) is 8.78 Å². The molecule has 9 rings (SSSR count). The lowest BCUT2D eigenvalue weighted by Gasteiger charge is -2.32. The maximum absolute atomic E-state index is 16.5. The number of benzene rings is 4. The second kappa shape index (κ2) is 17.5. The number of aromatic nitrogens is 4. The number of alkyl carbamates (subject to hydrolysis) is 2. The van der Waals surface area contributed by atoms with Crippen LogP contribution >= 0.6 is 0 Å². The quantitative estimate of drug-likeness (QED) is 0.0842. The number of rotatable bonds is 14. The summed E-state index contributed by atoms with van der Waals surface area (Å²) in [4.78, 5) is 70.8. The number of imidazole rings is 2. The van der Waals surface area contributed by atoms with E-state index in [9.17, 15) is 19.2 Å². The minimum Gasteiger partial charge on any atom is -0.453 e. The first-order chi connectivity index (χ1) is 31.3. The number of ether oxygens (including phenoxy) is 2. The second-order valence-corrected chi connectivity index (χ2v) is 17.5. The van der Waals surface area contributed by atoms with Crippen molar-refractivity contribution in [3.63, 3.8) is 0 Å². The highest BCUT2D eigenvalue weighted by Gasteiger charge is 2.45. The molecule has 16 heteroatoms. The number of carbonyl (C=O) groups is 4. The maximum atomic E-state index is 16.5. The summed E-state index contributed by atoms with van der Waals surface area (Å²) in [5.41, 5.74) is 5.04. The van der Waals surface area contributed by atoms with Gasteiger partial charge in [0.15, 0.2) is 0 Å². The van der Waals surface area contributed by atoms with E-state index >= 15 is 8.78 Å². The highest BCUT2D eigenvalue weighted by atomic mass is 19.3. The molecule has 1 atom stereocenters. The zero-order valence-corrected chi connectivity index (χ0v) is 36.4. The first-order valence-corrected chi connectivity index (χ1v) is 21.8. The maximum Gasteiger partial charge on any atom is 0.407 e. The number of hydrogen-bond donors (Lipinski definition) is 4. The van der Waals surface area contributed by atoms with E-state index in [0.717, 1.165) is 38.5 Å². The Labute approximate surface area is 374 Å². The molecule has 2 fully saturated rings. The SMILES string of the molecule is COC(=O)NCC(=O)N(Cc1ncc(-c2ccc3c(c2)C(F)(F)c2cc(-c4ccc5nc(CN(C(=O)[C@H](NC(=O)OC)c6ccccc6)C6CCCC6)[nH]c5c4)ccc2-3)[nH]1)CC1(C)CC1. The lowest BCUT2D eigenvalue weighted by Crippen LogP contribution is -2.46. The minimum absolute atomic E-state index is 0.00696. The van der Waals surface area contributed by atoms with Crippen molar-refractivity contribution in [2.45, 2.75) is 76.5 Å². The van der Waals surface area contributed by atoms with Crippen LogP contribution in [0.1, 0.15) is 79.8 Å². The van der Waals surface area contributed by atoms with Crippen LogP contribution in [0.25, 0.3) is 44.5 Å². The molecule has 0 unspecified atom stereocenters. The van der Waals surface area contributed by atoms with Crippen molar-refractivity contribution in [2.24, 2.45) is 5.41 Å². The number of carbonyl (C=O) groups excluding carboxylic acids is 4. The van der Waals surface area contributed by atoms with Crippen molar-refractivity contribution in [1.29, 1.82) is 0 Å². The van der Waals surface area contributed by atoms with Gasteiger partial charge in [0.2, 0.25) is 5.91 Å². The number of hydrogen-bond acceptors (Lipinski definition) is 8. The fourth-order valence-electron chi connectivity index (χ4n) is 9.09. The van der Waals surface area contributed by atoms with E-state index in [1.165, 1.54) is 20.3 Å². The molecule has 4 N–H and O–H groups in total. The summed E-state index contributed by atoms with van der Waals surface area (Å²) in [7, 11) is 2.49. The number of methoxy groups -OCH3 is 2. The highest BCUT2D eigenvalue weighted by Crippen LogP contribution is 2.53. The number of fused-ring (bicyclic) bond motifs is 4. The van der Waals surface area contributed by atoms with Crippen molar-refractivity contribution in [3.05, 3.63) is 119 Å². The zero-order chi connectivity index (χ0) is 45.5. The Kier molecular flexibility index (Phi) is 11.6. The Morgan fingerprint density at radius 2 is 1.48 bits per heavy atom. The topological polar surface area (TPSA) is 175 Å². The van der Waals surface area contributed by atoms with E-state index in [4.69, 9.17) is 9.72 Å². The van der Waals surface area contributed by atoms with Gasteiger partial charge in [-0.25, -0.2) is 19.6 Å². The molecule has 3 aliphatic carbocycles. The fourth-order valence-corrected chi connectivity index (χ4v) is 9.09. The monoisotopic (exact) mass is 884 g/mol. The normalized spacial score (nSPS) is 16.0. The largest absolute Gasteiger partial charge is 0.453 e. The summed E-state index contributed by atoms with van der Waals surface area (Å²) < 4.78 is 42.6. The van der Waals surface area contributed by atoms with Crippen LogP contribution in [0.5, 0.6) is 0 Å². The molecule has 336 valence electrons. The lowest BCUT2D eigenvalue weighted by atomic mass is 9.98. The van der Waals surface area contributed by atoms with Gasteiger partial charge in [-0.05, 0) is 83.2 Å². The third-order valence-electron chi connectivity index (χ3n) is 12.9. The van der Waals surface area contributed by atoms with Crippen molar-refractivity contribution >= 4 is 35.0 Å². The van der Waals surface area contributed by atoms with Gasteiger partial charge >= 0.3 is 12.2 Å². The number of nitrogens with zero attached hydrogens (tertiary/aromatic N) is 4. The highest BCUT2D eigenvalue weighted by molar-refractivity contribution is 5.89. The molecule has 14 nitrogen and oxygen atoms in total. The molecule has 2 saturated carbocycles. The van der Waals surface area contributed by atoms with Crippen molar-refractivity contribution < 1.29 is 37.4 Å². The average molecular weight is 885 g/mol. The van der Waals surface area contributed by atoms with E-state index in [1.54, 1.807) is 52.4 Å². The van der Waals surface area contributed by atoms with Gasteiger partial charge in [-0.1, -0.05) is 80.4 Å². The minimum atomic E-state index is -3.29. The summed E-state index contributed by atoms with van der Waals surface area (Å²) in [6, 6.07) is 23.7. The van der Waals surface area contributed by atoms with Crippen molar-refractivity contribution in [3.8, 4) is 33.5 Å². The van der Waals surface area contributed by atoms with Crippen LogP contribution < -0.4 is 10.6 Å². The van der Waals surface area contributed by atoms with Gasteiger partial charge in [0.1, 0.15) is 24.2 Å². The number of alkyl halides is 2. The van der Waals surface area contributed by atoms with Crippen LogP contribution in [0.4, 0.5) is 18.4 Å². The molecule has 65 heavy (non-hydrogen) atoms. The van der Waals surface area contributed by atoms with Crippen LogP contribution in [0.2, 0.25) is 0 Å². The molecule has 4 amide bonds. The summed E-state index contributed by atoms with van der Waals surface area (Å²) in [6.07, 6.45) is 5.77. The molecule has 4 aromatic carbocycles. The third-order valence-corrected chi connectivity index (χ3v) is 12.9. The zero-order valence-electron chi connectivity index (χ0n) is 36.4. The summed E-state index contributed by atoms with van der Waals surface area (Å²) in [5.74, 6) is -2.80. The molecule has 6 aromatic rings. The van der Waals surface area contributed by atoms with Gasteiger partial charge in [0.25, 0.3) is 11.8 Å². The Bertz CT molecular complexity index is 2780. The van der Waals surface area contributed by atoms with Gasteiger partial charge in [0.05, 0.1) is 50.2 Å². The summed E-state index contributed by atoms with van der Waals surface area (Å²) in [5, 5.41) is 5.17. The van der Waals surface area contributed by atoms with Gasteiger partial charge in [0, 0.05) is 29.3 Å². The summed E-state index contributed by atoms with van der Waals surface area (Å²) in [6.45, 7) is 2.70. The Hall–Kier alpha value is -7.10. The Balaban J connectivity index is 0.932. The third kappa shape index (κ3) is 8.89. The number of H-pyrrole nitrogens is 2. The molecule has 2 heterocycles. The predicted octanol–water partition coefficient (Wildman–Crippen LogP) is 8.59. The van der Waals surface area contributed by atoms with Gasteiger partial charge in [-0.3, -0.25) is 9.59 Å². The van der Waals surface area contributed by atoms with Crippen LogP contribution in [0, 0.1) is 5.41 Å². The molecule has 0 bridgehead atoms. The van der Waals surface area contributed by atoms with Crippen LogP contribution in [-0.4, -0.2) is 87.1 Å². The number of nitrogens with one attached hydrogen (secondary N) is 4. The van der Waals surface area contributed by atoms with Crippen molar-refractivity contribution in [2.75, 3.05) is 27.3 Å². The molecule has 2 aromatic heterocycles. The van der Waals surface area contributed by atoms with E-state index in [0.29, 0.717) is 68.3 Å². The molecular weight excluding hydrogens is 835 g/mol. The van der Waals surface area contributed by atoms with E-state index in [-0.39, 0.29) is 54.0 Å². The van der Waals surface area contributed by atoms with Crippen LogP contribution in [-0.2, 0) is 38.1 Å². The first kappa shape index (κ1) is 43.2. The molecule has 3 aliphatic rings. The van der Waals surface area contributed by atoms with Gasteiger partial charge < -0.3 is 39.9 Å². The number of aromatic amines is 2. The molecule has 0 radical (unpaired) electrons. The van der Waals surface area contributed by atoms with E-state index < -0.39 is 24.2 Å². The smallest absolute Gasteiger partial charge is 0.407 e. The lowest BCUT2D eigenvalue weighted by molar-refractivity contribution is -0.136. The molecular formula is C49H50F2N8O6. The van der Waals surface area contributed by atoms with E-state index in [1.807, 2.05) is 42.5 Å². The fraction of sp³-hybridized carbons (Fsp3) is 0.347. The van der Waals surface area contributed by atoms with Crippen LogP contribution in [0.3, 0.4) is 0 Å². The first-order valence-electron chi connectivity index (χ1n) is 21.8. The number of amides is 4.